The van der Waals surface area contributed by atoms with Gasteiger partial charge in [0.1, 0.15) is 0 Å². The Kier molecular flexibility index (Phi) is 4.82. The largest absolute Gasteiger partial charge is 0.314 e. The molecule has 1 aromatic heterocycles. The lowest BCUT2D eigenvalue weighted by Crippen LogP contribution is -2.33. The Hall–Kier alpha value is 0.100. The predicted octanol–water partition coefficient (Wildman–Crippen LogP) is 3.13. The minimum absolute atomic E-state index is 0.588. The third-order valence-electron chi connectivity index (χ3n) is 3.10. The lowest BCUT2D eigenvalue weighted by molar-refractivity contribution is 0.441. The Bertz CT molecular complexity index is 321. The Morgan fingerprint density at radius 3 is 3.19 bits per heavy atom. The van der Waals surface area contributed by atoms with Crippen LogP contribution in [0.2, 0.25) is 0 Å². The molecule has 16 heavy (non-hydrogen) atoms. The minimum atomic E-state index is 0.588. The third kappa shape index (κ3) is 3.55. The summed E-state index contributed by atoms with van der Waals surface area (Å²) in [6, 6.07) is 3.43. The Morgan fingerprint density at radius 2 is 2.56 bits per heavy atom. The first-order valence-electron chi connectivity index (χ1n) is 5.94. The van der Waals surface area contributed by atoms with Gasteiger partial charge in [0.2, 0.25) is 0 Å². The Labute approximate surface area is 110 Å². The normalized spacial score (nSPS) is 22.5. The number of nitrogens with one attached hydrogen (secondary N) is 2. The van der Waals surface area contributed by atoms with E-state index in [0.29, 0.717) is 6.04 Å². The van der Waals surface area contributed by atoms with Crippen LogP contribution in [0.15, 0.2) is 15.9 Å². The molecule has 0 saturated carbocycles. The van der Waals surface area contributed by atoms with Crippen LogP contribution in [0.4, 0.5) is 0 Å². The number of hydrogen-bond donors (Lipinski definition) is 2. The molecule has 4 heteroatoms. The van der Waals surface area contributed by atoms with E-state index in [0.717, 1.165) is 12.6 Å². The molecule has 1 saturated heterocycles. The zero-order valence-corrected chi connectivity index (χ0v) is 12.0. The second-order valence-corrected chi connectivity index (χ2v) is 6.36. The van der Waals surface area contributed by atoms with E-state index in [1.807, 2.05) is 11.3 Å². The molecule has 2 heterocycles. The molecule has 90 valence electrons. The van der Waals surface area contributed by atoms with E-state index in [2.05, 4.69) is 44.9 Å². The van der Waals surface area contributed by atoms with Gasteiger partial charge in [-0.2, -0.15) is 0 Å². The van der Waals surface area contributed by atoms with Crippen LogP contribution in [0.3, 0.4) is 0 Å². The van der Waals surface area contributed by atoms with Crippen LogP contribution in [0, 0.1) is 0 Å². The molecule has 2 rings (SSSR count). The molecule has 2 N–H and O–H groups in total. The van der Waals surface area contributed by atoms with Crippen LogP contribution in [-0.4, -0.2) is 18.6 Å². The van der Waals surface area contributed by atoms with Crippen LogP contribution in [0.25, 0.3) is 0 Å². The van der Waals surface area contributed by atoms with Crippen molar-refractivity contribution < 1.29 is 0 Å². The van der Waals surface area contributed by atoms with Gasteiger partial charge in [0.05, 0.1) is 0 Å². The van der Waals surface area contributed by atoms with Crippen molar-refractivity contribution in [2.24, 2.45) is 0 Å². The van der Waals surface area contributed by atoms with E-state index in [-0.39, 0.29) is 0 Å². The highest BCUT2D eigenvalue weighted by molar-refractivity contribution is 9.10. The zero-order chi connectivity index (χ0) is 11.4. The van der Waals surface area contributed by atoms with Gasteiger partial charge in [0.25, 0.3) is 0 Å². The summed E-state index contributed by atoms with van der Waals surface area (Å²) in [5.74, 6) is 0. The standard InChI is InChI=1S/C12H19BrN2S/c1-9(7-10-3-2-5-14-10)15-8-12-11(13)4-6-16-12/h4,6,9-10,14-15H,2-3,5,7-8H2,1H3. The molecule has 2 atom stereocenters. The van der Waals surface area contributed by atoms with Gasteiger partial charge >= 0.3 is 0 Å². The summed E-state index contributed by atoms with van der Waals surface area (Å²) < 4.78 is 1.23. The highest BCUT2D eigenvalue weighted by Gasteiger charge is 2.16. The van der Waals surface area contributed by atoms with E-state index in [1.54, 1.807) is 0 Å². The highest BCUT2D eigenvalue weighted by atomic mass is 79.9. The van der Waals surface area contributed by atoms with Crippen molar-refractivity contribution in [2.75, 3.05) is 6.54 Å². The molecule has 1 aliphatic heterocycles. The molecule has 1 fully saturated rings. The molecular weight excluding hydrogens is 284 g/mol. The van der Waals surface area contributed by atoms with Gasteiger partial charge in [0, 0.05) is 28.0 Å². The van der Waals surface area contributed by atoms with Gasteiger partial charge in [-0.05, 0) is 60.1 Å². The molecule has 0 aliphatic carbocycles. The van der Waals surface area contributed by atoms with E-state index >= 15 is 0 Å². The van der Waals surface area contributed by atoms with Crippen LogP contribution < -0.4 is 10.6 Å². The molecule has 0 spiro atoms. The van der Waals surface area contributed by atoms with Crippen molar-refractivity contribution in [1.29, 1.82) is 0 Å². The van der Waals surface area contributed by atoms with Crippen LogP contribution in [-0.2, 0) is 6.54 Å². The van der Waals surface area contributed by atoms with Crippen molar-refractivity contribution in [2.45, 2.75) is 44.8 Å². The fourth-order valence-electron chi connectivity index (χ4n) is 2.19. The summed E-state index contributed by atoms with van der Waals surface area (Å²) in [6.07, 6.45) is 3.92. The topological polar surface area (TPSA) is 24.1 Å². The van der Waals surface area contributed by atoms with Gasteiger partial charge in [-0.3, -0.25) is 0 Å². The van der Waals surface area contributed by atoms with Crippen molar-refractivity contribution in [3.05, 3.63) is 20.8 Å². The van der Waals surface area contributed by atoms with Gasteiger partial charge in [-0.1, -0.05) is 0 Å². The highest BCUT2D eigenvalue weighted by Crippen LogP contribution is 2.22. The molecule has 0 bridgehead atoms. The maximum Gasteiger partial charge on any atom is 0.0327 e. The predicted molar refractivity (Wildman–Crippen MR) is 74.0 cm³/mol. The first-order valence-corrected chi connectivity index (χ1v) is 7.61. The lowest BCUT2D eigenvalue weighted by atomic mass is 10.1. The lowest BCUT2D eigenvalue weighted by Gasteiger charge is -2.18. The van der Waals surface area contributed by atoms with Crippen LogP contribution >= 0.6 is 27.3 Å². The molecule has 0 radical (unpaired) electrons. The zero-order valence-electron chi connectivity index (χ0n) is 9.63. The second kappa shape index (κ2) is 6.15. The summed E-state index contributed by atoms with van der Waals surface area (Å²) >= 11 is 5.37. The third-order valence-corrected chi connectivity index (χ3v) is 5.03. The van der Waals surface area contributed by atoms with Gasteiger partial charge in [-0.15, -0.1) is 11.3 Å². The van der Waals surface area contributed by atoms with Crippen molar-refractivity contribution in [3.8, 4) is 0 Å². The monoisotopic (exact) mass is 302 g/mol. The number of halogens is 1. The summed E-state index contributed by atoms with van der Waals surface area (Å²) in [7, 11) is 0. The quantitative estimate of drug-likeness (QED) is 0.873. The number of hydrogen-bond acceptors (Lipinski definition) is 3. The first kappa shape index (κ1) is 12.6. The molecule has 0 aromatic carbocycles. The van der Waals surface area contributed by atoms with Gasteiger partial charge in [0.15, 0.2) is 0 Å². The van der Waals surface area contributed by atoms with Crippen LogP contribution in [0.5, 0.6) is 0 Å². The molecule has 2 nitrogen and oxygen atoms in total. The van der Waals surface area contributed by atoms with Crippen molar-refractivity contribution in [3.63, 3.8) is 0 Å². The Morgan fingerprint density at radius 1 is 1.69 bits per heavy atom. The van der Waals surface area contributed by atoms with E-state index in [9.17, 15) is 0 Å². The minimum Gasteiger partial charge on any atom is -0.314 e. The summed E-state index contributed by atoms with van der Waals surface area (Å²) in [6.45, 7) is 4.46. The average molecular weight is 303 g/mol. The molecular formula is C12H19BrN2S. The summed E-state index contributed by atoms with van der Waals surface area (Å²) in [5, 5.41) is 9.27. The number of rotatable bonds is 5. The fraction of sp³-hybridized carbons (Fsp3) is 0.667. The summed E-state index contributed by atoms with van der Waals surface area (Å²) in [4.78, 5) is 1.39. The second-order valence-electron chi connectivity index (χ2n) is 4.50. The maximum absolute atomic E-state index is 3.59. The fourth-order valence-corrected chi connectivity index (χ4v) is 3.63. The molecule has 1 aliphatic rings. The Balaban J connectivity index is 1.71. The molecule has 0 amide bonds. The van der Waals surface area contributed by atoms with Crippen molar-refractivity contribution in [1.82, 2.24) is 10.6 Å². The van der Waals surface area contributed by atoms with Crippen LogP contribution in [0.1, 0.15) is 31.1 Å². The maximum atomic E-state index is 3.59. The van der Waals surface area contributed by atoms with Crippen molar-refractivity contribution >= 4 is 27.3 Å². The van der Waals surface area contributed by atoms with Gasteiger partial charge < -0.3 is 10.6 Å². The van der Waals surface area contributed by atoms with E-state index in [1.165, 1.54) is 35.2 Å². The van der Waals surface area contributed by atoms with E-state index < -0.39 is 0 Å². The molecule has 1 aromatic rings. The van der Waals surface area contributed by atoms with Gasteiger partial charge in [-0.25, -0.2) is 0 Å². The molecule has 2 unspecified atom stereocenters. The van der Waals surface area contributed by atoms with E-state index in [4.69, 9.17) is 0 Å². The number of thiophene rings is 1. The first-order chi connectivity index (χ1) is 7.75. The summed E-state index contributed by atoms with van der Waals surface area (Å²) in [5.41, 5.74) is 0. The SMILES string of the molecule is CC(CC1CCCN1)NCc1sccc1Br. The smallest absolute Gasteiger partial charge is 0.0327 e. The average Bonchev–Trinajstić information content (AvgIpc) is 2.87.